The molecule has 3 N–H and O–H groups in total. The first-order valence-electron chi connectivity index (χ1n) is 7.08. The van der Waals surface area contributed by atoms with Gasteiger partial charge in [0, 0.05) is 32.5 Å². The molecule has 2 fully saturated rings. The van der Waals surface area contributed by atoms with E-state index in [1.807, 2.05) is 0 Å². The molecule has 6 nitrogen and oxygen atoms in total. The van der Waals surface area contributed by atoms with Crippen LogP contribution in [0, 0.1) is 0 Å². The van der Waals surface area contributed by atoms with E-state index in [9.17, 15) is 14.7 Å². The molecule has 2 saturated heterocycles. The number of ether oxygens (including phenoxy) is 1. The van der Waals surface area contributed by atoms with E-state index in [1.54, 1.807) is 24.3 Å². The summed E-state index contributed by atoms with van der Waals surface area (Å²) >= 11 is 0. The molecule has 1 atom stereocenters. The van der Waals surface area contributed by atoms with Crippen molar-refractivity contribution in [2.45, 2.75) is 30.8 Å². The SMILES string of the molecule is O=C1NC2(CCOCC2)C(=O)N[C@@H]1Cc1ccc(O)cc1. The van der Waals surface area contributed by atoms with Gasteiger partial charge in [0.25, 0.3) is 0 Å². The van der Waals surface area contributed by atoms with Crippen molar-refractivity contribution >= 4 is 11.8 Å². The van der Waals surface area contributed by atoms with Crippen LogP contribution in [-0.2, 0) is 20.7 Å². The second-order valence-electron chi connectivity index (χ2n) is 5.58. The minimum Gasteiger partial charge on any atom is -0.508 e. The predicted molar refractivity (Wildman–Crippen MR) is 74.7 cm³/mol. The van der Waals surface area contributed by atoms with Crippen LogP contribution in [-0.4, -0.2) is 41.7 Å². The third kappa shape index (κ3) is 2.71. The van der Waals surface area contributed by atoms with E-state index < -0.39 is 11.6 Å². The van der Waals surface area contributed by atoms with Crippen molar-refractivity contribution in [1.82, 2.24) is 10.6 Å². The van der Waals surface area contributed by atoms with E-state index >= 15 is 0 Å². The summed E-state index contributed by atoms with van der Waals surface area (Å²) in [5.74, 6) is -0.115. The number of hydrogen-bond acceptors (Lipinski definition) is 4. The molecule has 0 unspecified atom stereocenters. The zero-order valence-corrected chi connectivity index (χ0v) is 11.6. The number of rotatable bonds is 2. The van der Waals surface area contributed by atoms with Crippen LogP contribution >= 0.6 is 0 Å². The van der Waals surface area contributed by atoms with Crippen molar-refractivity contribution in [2.24, 2.45) is 0 Å². The summed E-state index contributed by atoms with van der Waals surface area (Å²) in [6.07, 6.45) is 1.43. The zero-order valence-electron chi connectivity index (χ0n) is 11.6. The fourth-order valence-corrected chi connectivity index (χ4v) is 2.83. The molecule has 1 spiro atoms. The highest BCUT2D eigenvalue weighted by atomic mass is 16.5. The van der Waals surface area contributed by atoms with Crippen molar-refractivity contribution in [1.29, 1.82) is 0 Å². The zero-order chi connectivity index (χ0) is 14.9. The van der Waals surface area contributed by atoms with Crippen LogP contribution < -0.4 is 10.6 Å². The van der Waals surface area contributed by atoms with Gasteiger partial charge in [0.2, 0.25) is 11.8 Å². The van der Waals surface area contributed by atoms with Gasteiger partial charge >= 0.3 is 0 Å². The topological polar surface area (TPSA) is 87.7 Å². The lowest BCUT2D eigenvalue weighted by Crippen LogP contribution is -2.71. The number of amides is 2. The molecule has 2 aliphatic heterocycles. The molecule has 0 aliphatic carbocycles. The van der Waals surface area contributed by atoms with E-state index in [0.717, 1.165) is 5.56 Å². The predicted octanol–water partition coefficient (Wildman–Crippen LogP) is 0.0985. The molecule has 0 saturated carbocycles. The number of carbonyl (C=O) groups is 2. The van der Waals surface area contributed by atoms with Gasteiger partial charge in [-0.15, -0.1) is 0 Å². The number of phenols is 1. The third-order valence-electron chi connectivity index (χ3n) is 4.14. The molecule has 1 aromatic rings. The van der Waals surface area contributed by atoms with Gasteiger partial charge in [-0.05, 0) is 17.7 Å². The Kier molecular flexibility index (Phi) is 3.55. The molecule has 2 aliphatic rings. The first-order valence-corrected chi connectivity index (χ1v) is 7.08. The van der Waals surface area contributed by atoms with Crippen LogP contribution in [0.25, 0.3) is 0 Å². The van der Waals surface area contributed by atoms with E-state index in [0.29, 0.717) is 32.5 Å². The van der Waals surface area contributed by atoms with E-state index in [1.165, 1.54) is 0 Å². The van der Waals surface area contributed by atoms with Crippen LogP contribution in [0.5, 0.6) is 5.75 Å². The molecule has 1 aromatic carbocycles. The highest BCUT2D eigenvalue weighted by Gasteiger charge is 2.47. The van der Waals surface area contributed by atoms with Gasteiger partial charge in [0.1, 0.15) is 17.3 Å². The van der Waals surface area contributed by atoms with Crippen molar-refractivity contribution in [3.05, 3.63) is 29.8 Å². The molecule has 112 valence electrons. The fraction of sp³-hybridized carbons (Fsp3) is 0.467. The van der Waals surface area contributed by atoms with Crippen molar-refractivity contribution in [3.8, 4) is 5.75 Å². The summed E-state index contributed by atoms with van der Waals surface area (Å²) in [5, 5.41) is 15.0. The maximum absolute atomic E-state index is 12.4. The Bertz CT molecular complexity index is 549. The normalized spacial score (nSPS) is 24.5. The van der Waals surface area contributed by atoms with Crippen LogP contribution in [0.3, 0.4) is 0 Å². The van der Waals surface area contributed by atoms with E-state index in [-0.39, 0.29) is 17.6 Å². The van der Waals surface area contributed by atoms with Crippen LogP contribution in [0.1, 0.15) is 18.4 Å². The van der Waals surface area contributed by atoms with Gasteiger partial charge in [0.15, 0.2) is 0 Å². The monoisotopic (exact) mass is 290 g/mol. The van der Waals surface area contributed by atoms with Gasteiger partial charge in [-0.2, -0.15) is 0 Å². The van der Waals surface area contributed by atoms with Gasteiger partial charge in [-0.1, -0.05) is 12.1 Å². The van der Waals surface area contributed by atoms with Crippen LogP contribution in [0.15, 0.2) is 24.3 Å². The molecule has 3 rings (SSSR count). The fourth-order valence-electron chi connectivity index (χ4n) is 2.83. The molecule has 21 heavy (non-hydrogen) atoms. The summed E-state index contributed by atoms with van der Waals surface area (Å²) in [7, 11) is 0. The third-order valence-corrected chi connectivity index (χ3v) is 4.14. The lowest BCUT2D eigenvalue weighted by molar-refractivity contribution is -0.145. The highest BCUT2D eigenvalue weighted by Crippen LogP contribution is 2.24. The van der Waals surface area contributed by atoms with Crippen LogP contribution in [0.4, 0.5) is 0 Å². The Labute approximate surface area is 122 Å². The number of aromatic hydroxyl groups is 1. The smallest absolute Gasteiger partial charge is 0.246 e. The lowest BCUT2D eigenvalue weighted by Gasteiger charge is -2.42. The average Bonchev–Trinajstić information content (AvgIpc) is 2.48. The second kappa shape index (κ2) is 5.37. The Hall–Kier alpha value is -2.08. The van der Waals surface area contributed by atoms with Gasteiger partial charge < -0.3 is 20.5 Å². The van der Waals surface area contributed by atoms with E-state index in [4.69, 9.17) is 4.74 Å². The Morgan fingerprint density at radius 2 is 1.86 bits per heavy atom. The maximum atomic E-state index is 12.4. The molecule has 0 radical (unpaired) electrons. The van der Waals surface area contributed by atoms with Crippen LogP contribution in [0.2, 0.25) is 0 Å². The molecule has 0 bridgehead atoms. The highest BCUT2D eigenvalue weighted by molar-refractivity contribution is 6.00. The maximum Gasteiger partial charge on any atom is 0.246 e. The minimum absolute atomic E-state index is 0.130. The molecular formula is C15H18N2O4. The largest absolute Gasteiger partial charge is 0.508 e. The number of carbonyl (C=O) groups excluding carboxylic acids is 2. The first kappa shape index (κ1) is 13.9. The number of nitrogens with one attached hydrogen (secondary N) is 2. The lowest BCUT2D eigenvalue weighted by atomic mass is 9.85. The Morgan fingerprint density at radius 3 is 2.52 bits per heavy atom. The molecule has 2 amide bonds. The standard InChI is InChI=1S/C15H18N2O4/c18-11-3-1-10(2-4-11)9-12-13(19)17-15(14(20)16-12)5-7-21-8-6-15/h1-4,12,18H,5-9H2,(H,16,20)(H,17,19)/t12-/m1/s1. The first-order chi connectivity index (χ1) is 10.1. The van der Waals surface area contributed by atoms with Gasteiger partial charge in [0.05, 0.1) is 0 Å². The number of piperazine rings is 1. The summed E-state index contributed by atoms with van der Waals surface area (Å²) in [6, 6.07) is 6.05. The summed E-state index contributed by atoms with van der Waals surface area (Å²) in [5.41, 5.74) is 0.0806. The van der Waals surface area contributed by atoms with Gasteiger partial charge in [-0.3, -0.25) is 9.59 Å². The summed E-state index contributed by atoms with van der Waals surface area (Å²) in [4.78, 5) is 24.6. The molecular weight excluding hydrogens is 272 g/mol. The molecule has 0 aromatic heterocycles. The summed E-state index contributed by atoms with van der Waals surface area (Å²) in [6.45, 7) is 0.965. The van der Waals surface area contributed by atoms with Gasteiger partial charge in [-0.25, -0.2) is 0 Å². The minimum atomic E-state index is -0.805. The quantitative estimate of drug-likeness (QED) is 0.721. The number of hydrogen-bond donors (Lipinski definition) is 3. The average molecular weight is 290 g/mol. The summed E-state index contributed by atoms with van der Waals surface area (Å²) < 4.78 is 5.26. The second-order valence-corrected chi connectivity index (χ2v) is 5.58. The van der Waals surface area contributed by atoms with Crippen molar-refractivity contribution < 1.29 is 19.4 Å². The van der Waals surface area contributed by atoms with Crippen molar-refractivity contribution in [2.75, 3.05) is 13.2 Å². The van der Waals surface area contributed by atoms with E-state index in [2.05, 4.69) is 10.6 Å². The number of benzene rings is 1. The molecule has 2 heterocycles. The van der Waals surface area contributed by atoms with Crippen molar-refractivity contribution in [3.63, 3.8) is 0 Å². The Balaban J connectivity index is 1.70. The Morgan fingerprint density at radius 1 is 1.19 bits per heavy atom. The molecule has 6 heteroatoms. The number of phenolic OH excluding ortho intramolecular Hbond substituents is 1.